The van der Waals surface area contributed by atoms with Crippen molar-refractivity contribution in [2.75, 3.05) is 0 Å². The molecular formula is C18H12F2O3. The Morgan fingerprint density at radius 2 is 1.48 bits per heavy atom. The number of carbonyl (C=O) groups excluding carboxylic acids is 1. The van der Waals surface area contributed by atoms with Gasteiger partial charge in [0.25, 0.3) is 6.08 Å². The molecule has 2 aromatic rings. The number of hydrogen-bond donors (Lipinski definition) is 1. The molecule has 0 radical (unpaired) electrons. The second-order valence-corrected chi connectivity index (χ2v) is 4.62. The van der Waals surface area contributed by atoms with Crippen LogP contribution >= 0.6 is 0 Å². The molecule has 0 saturated heterocycles. The SMILES string of the molecule is O=C(O)/C=C/c1ccc(C(=O)C(=C(F)F)c2ccccc2)cc1. The minimum absolute atomic E-state index is 0.101. The number of carboxylic acids is 1. The Balaban J connectivity index is 2.32. The molecular weight excluding hydrogens is 302 g/mol. The Kier molecular flexibility index (Phi) is 5.15. The number of ketones is 1. The number of benzene rings is 2. The molecule has 5 heteroatoms. The number of aliphatic carboxylic acids is 1. The number of allylic oxidation sites excluding steroid dienone is 1. The Labute approximate surface area is 131 Å². The number of carboxylic acid groups (broad SMARTS) is 1. The van der Waals surface area contributed by atoms with E-state index in [1.165, 1.54) is 42.5 Å². The van der Waals surface area contributed by atoms with Crippen LogP contribution in [0.25, 0.3) is 11.6 Å². The van der Waals surface area contributed by atoms with E-state index in [0.717, 1.165) is 6.08 Å². The molecule has 1 N–H and O–H groups in total. The van der Waals surface area contributed by atoms with Crippen molar-refractivity contribution in [3.63, 3.8) is 0 Å². The fraction of sp³-hybridized carbons (Fsp3) is 0. The number of halogens is 2. The smallest absolute Gasteiger partial charge is 0.328 e. The van der Waals surface area contributed by atoms with E-state index in [2.05, 4.69) is 0 Å². The zero-order valence-corrected chi connectivity index (χ0v) is 11.9. The van der Waals surface area contributed by atoms with Crippen molar-refractivity contribution in [3.8, 4) is 0 Å². The summed E-state index contributed by atoms with van der Waals surface area (Å²) in [5.74, 6) is -1.89. The van der Waals surface area contributed by atoms with E-state index in [1.807, 2.05) is 0 Å². The van der Waals surface area contributed by atoms with Gasteiger partial charge in [-0.15, -0.1) is 0 Å². The molecule has 0 fully saturated rings. The van der Waals surface area contributed by atoms with Gasteiger partial charge in [0.05, 0.1) is 5.57 Å². The third-order valence-electron chi connectivity index (χ3n) is 3.07. The fourth-order valence-corrected chi connectivity index (χ4v) is 1.99. The highest BCUT2D eigenvalue weighted by molar-refractivity contribution is 6.29. The first kappa shape index (κ1) is 16.3. The topological polar surface area (TPSA) is 54.4 Å². The number of carbonyl (C=O) groups is 2. The predicted molar refractivity (Wildman–Crippen MR) is 83.0 cm³/mol. The number of rotatable bonds is 5. The second-order valence-electron chi connectivity index (χ2n) is 4.62. The average molecular weight is 314 g/mol. The second kappa shape index (κ2) is 7.26. The van der Waals surface area contributed by atoms with Gasteiger partial charge in [0.1, 0.15) is 0 Å². The Morgan fingerprint density at radius 3 is 2.00 bits per heavy atom. The lowest BCUT2D eigenvalue weighted by atomic mass is 9.97. The van der Waals surface area contributed by atoms with Gasteiger partial charge in [0, 0.05) is 11.6 Å². The molecule has 2 rings (SSSR count). The van der Waals surface area contributed by atoms with Gasteiger partial charge in [-0.2, -0.15) is 8.78 Å². The minimum atomic E-state index is -2.05. The van der Waals surface area contributed by atoms with Crippen molar-refractivity contribution >= 4 is 23.4 Å². The molecule has 0 saturated carbocycles. The van der Waals surface area contributed by atoms with Crippen LogP contribution in [0.5, 0.6) is 0 Å². The van der Waals surface area contributed by atoms with E-state index in [1.54, 1.807) is 18.2 Å². The van der Waals surface area contributed by atoms with Crippen LogP contribution < -0.4 is 0 Å². The van der Waals surface area contributed by atoms with Gasteiger partial charge in [-0.05, 0) is 17.2 Å². The lowest BCUT2D eigenvalue weighted by Crippen LogP contribution is -2.04. The molecule has 0 aliphatic heterocycles. The number of hydrogen-bond acceptors (Lipinski definition) is 2. The summed E-state index contributed by atoms with van der Waals surface area (Å²) in [5, 5.41) is 8.55. The molecule has 0 bridgehead atoms. The molecule has 3 nitrogen and oxygen atoms in total. The molecule has 0 spiro atoms. The van der Waals surface area contributed by atoms with Crippen molar-refractivity contribution in [1.29, 1.82) is 0 Å². The molecule has 23 heavy (non-hydrogen) atoms. The van der Waals surface area contributed by atoms with E-state index < -0.39 is 23.4 Å². The number of Topliss-reactive ketones (excluding diaryl/α,β-unsaturated/α-hetero) is 1. The van der Waals surface area contributed by atoms with Crippen LogP contribution in [0.4, 0.5) is 8.78 Å². The summed E-state index contributed by atoms with van der Waals surface area (Å²) in [6.07, 6.45) is 0.254. The van der Waals surface area contributed by atoms with Gasteiger partial charge in [0.15, 0.2) is 5.78 Å². The van der Waals surface area contributed by atoms with Crippen LogP contribution in [-0.2, 0) is 4.79 Å². The maximum atomic E-state index is 13.2. The van der Waals surface area contributed by atoms with Crippen molar-refractivity contribution in [2.24, 2.45) is 0 Å². The third-order valence-corrected chi connectivity index (χ3v) is 3.07. The first-order valence-corrected chi connectivity index (χ1v) is 6.65. The van der Waals surface area contributed by atoms with Crippen LogP contribution in [0.15, 0.2) is 66.8 Å². The van der Waals surface area contributed by atoms with E-state index in [0.29, 0.717) is 5.56 Å². The normalized spacial score (nSPS) is 10.5. The standard InChI is InChI=1S/C18H12F2O3/c19-18(20)16(13-4-2-1-3-5-13)17(23)14-9-6-12(7-10-14)8-11-15(21)22/h1-11H,(H,21,22)/b11-8+. The van der Waals surface area contributed by atoms with Gasteiger partial charge in [0.2, 0.25) is 0 Å². The lowest BCUT2D eigenvalue weighted by molar-refractivity contribution is -0.131. The molecule has 0 aliphatic carbocycles. The van der Waals surface area contributed by atoms with Crippen LogP contribution in [-0.4, -0.2) is 16.9 Å². The molecule has 0 aromatic heterocycles. The summed E-state index contributed by atoms with van der Waals surface area (Å²) in [6.45, 7) is 0. The molecule has 2 aromatic carbocycles. The van der Waals surface area contributed by atoms with Gasteiger partial charge < -0.3 is 5.11 Å². The van der Waals surface area contributed by atoms with Gasteiger partial charge in [-0.3, -0.25) is 4.79 Å². The van der Waals surface area contributed by atoms with E-state index >= 15 is 0 Å². The Hall–Kier alpha value is -3.08. The Bertz CT molecular complexity index is 772. The van der Waals surface area contributed by atoms with E-state index in [4.69, 9.17) is 5.11 Å². The highest BCUT2D eigenvalue weighted by Crippen LogP contribution is 2.25. The highest BCUT2D eigenvalue weighted by atomic mass is 19.3. The average Bonchev–Trinajstić information content (AvgIpc) is 2.54. The lowest BCUT2D eigenvalue weighted by Gasteiger charge is -2.06. The molecule has 0 heterocycles. The zero-order chi connectivity index (χ0) is 16.8. The van der Waals surface area contributed by atoms with Gasteiger partial charge in [-0.25, -0.2) is 4.79 Å². The maximum absolute atomic E-state index is 13.2. The quantitative estimate of drug-likeness (QED) is 0.662. The monoisotopic (exact) mass is 314 g/mol. The van der Waals surface area contributed by atoms with E-state index in [-0.39, 0.29) is 11.1 Å². The van der Waals surface area contributed by atoms with Crippen molar-refractivity contribution in [1.82, 2.24) is 0 Å². The van der Waals surface area contributed by atoms with Crippen molar-refractivity contribution in [3.05, 3.63) is 83.4 Å². The van der Waals surface area contributed by atoms with E-state index in [9.17, 15) is 18.4 Å². The predicted octanol–water partition coefficient (Wildman–Crippen LogP) is 4.27. The fourth-order valence-electron chi connectivity index (χ4n) is 1.99. The first-order valence-electron chi connectivity index (χ1n) is 6.65. The summed E-state index contributed by atoms with van der Waals surface area (Å²) in [4.78, 5) is 22.8. The minimum Gasteiger partial charge on any atom is -0.478 e. The summed E-state index contributed by atoms with van der Waals surface area (Å²) in [5.41, 5.74) is 0.158. The highest BCUT2D eigenvalue weighted by Gasteiger charge is 2.19. The molecule has 0 aliphatic rings. The van der Waals surface area contributed by atoms with Crippen molar-refractivity contribution in [2.45, 2.75) is 0 Å². The summed E-state index contributed by atoms with van der Waals surface area (Å²) in [6, 6.07) is 13.5. The molecule has 0 unspecified atom stereocenters. The van der Waals surface area contributed by atoms with Crippen LogP contribution in [0.2, 0.25) is 0 Å². The molecule has 0 amide bonds. The summed E-state index contributed by atoms with van der Waals surface area (Å²) < 4.78 is 26.4. The summed E-state index contributed by atoms with van der Waals surface area (Å²) >= 11 is 0. The molecule has 116 valence electrons. The van der Waals surface area contributed by atoms with Crippen LogP contribution in [0, 0.1) is 0 Å². The summed E-state index contributed by atoms with van der Waals surface area (Å²) in [7, 11) is 0. The van der Waals surface area contributed by atoms with Crippen LogP contribution in [0.3, 0.4) is 0 Å². The largest absolute Gasteiger partial charge is 0.478 e. The van der Waals surface area contributed by atoms with Crippen LogP contribution in [0.1, 0.15) is 21.5 Å². The maximum Gasteiger partial charge on any atom is 0.328 e. The Morgan fingerprint density at radius 1 is 0.870 bits per heavy atom. The van der Waals surface area contributed by atoms with Gasteiger partial charge in [-0.1, -0.05) is 54.6 Å². The van der Waals surface area contributed by atoms with Gasteiger partial charge >= 0.3 is 5.97 Å². The first-order chi connectivity index (χ1) is 11.0. The zero-order valence-electron chi connectivity index (χ0n) is 11.9. The third kappa shape index (κ3) is 4.20. The van der Waals surface area contributed by atoms with Crippen molar-refractivity contribution < 1.29 is 23.5 Å². The molecule has 0 atom stereocenters.